The predicted molar refractivity (Wildman–Crippen MR) is 86.4 cm³/mol. The normalized spacial score (nSPS) is 16.1. The van der Waals surface area contributed by atoms with E-state index in [0.717, 1.165) is 4.90 Å². The fourth-order valence-corrected chi connectivity index (χ4v) is 2.60. The Kier molecular flexibility index (Phi) is 3.97. The predicted octanol–water partition coefficient (Wildman–Crippen LogP) is 3.73. The minimum absolute atomic E-state index is 0.137. The summed E-state index contributed by atoms with van der Waals surface area (Å²) < 4.78 is 38.4. The third kappa shape index (κ3) is 2.60. The number of hydrogen-bond donors (Lipinski definition) is 0. The van der Waals surface area contributed by atoms with Gasteiger partial charge in [0.2, 0.25) is 0 Å². The molecule has 0 atom stereocenters. The van der Waals surface area contributed by atoms with Gasteiger partial charge in [0.25, 0.3) is 0 Å². The quantitative estimate of drug-likeness (QED) is 0.857. The van der Waals surface area contributed by atoms with Crippen LogP contribution in [-0.4, -0.2) is 26.0 Å². The molecule has 0 radical (unpaired) electrons. The van der Waals surface area contributed by atoms with E-state index in [1.165, 1.54) is 26.4 Å². The molecule has 124 valence electrons. The Balaban J connectivity index is 2.11. The van der Waals surface area contributed by atoms with Gasteiger partial charge < -0.3 is 9.47 Å². The largest absolute Gasteiger partial charge is 0.493 e. The van der Waals surface area contributed by atoms with Gasteiger partial charge in [-0.2, -0.15) is 8.78 Å². The first-order valence-corrected chi connectivity index (χ1v) is 7.20. The molecule has 1 aliphatic rings. The number of amides is 1. The van der Waals surface area contributed by atoms with Crippen LogP contribution in [-0.2, 0) is 4.79 Å². The van der Waals surface area contributed by atoms with Crippen molar-refractivity contribution in [1.29, 1.82) is 0 Å². The summed E-state index contributed by atoms with van der Waals surface area (Å²) in [5.41, 5.74) is 0.945. The lowest BCUT2D eigenvalue weighted by Gasteiger charge is -2.22. The van der Waals surface area contributed by atoms with Gasteiger partial charge in [-0.25, -0.2) is 0 Å². The molecule has 0 unspecified atom stereocenters. The fraction of sp³-hybridized carbons (Fsp3) is 0.167. The smallest absolute Gasteiger partial charge is 0.346 e. The van der Waals surface area contributed by atoms with Gasteiger partial charge in [0, 0.05) is 12.1 Å². The van der Waals surface area contributed by atoms with Crippen LogP contribution in [0.15, 0.2) is 54.6 Å². The molecule has 3 rings (SSSR count). The van der Waals surface area contributed by atoms with E-state index in [1.807, 2.05) is 0 Å². The van der Waals surface area contributed by atoms with Crippen LogP contribution < -0.4 is 14.4 Å². The highest BCUT2D eigenvalue weighted by Gasteiger charge is 2.48. The maximum absolute atomic E-state index is 14.0. The summed E-state index contributed by atoms with van der Waals surface area (Å²) in [7, 11) is 2.91. The van der Waals surface area contributed by atoms with Crippen molar-refractivity contribution < 1.29 is 23.0 Å². The van der Waals surface area contributed by atoms with Crippen LogP contribution in [0.3, 0.4) is 0 Å². The lowest BCUT2D eigenvalue weighted by Crippen LogP contribution is -2.34. The van der Waals surface area contributed by atoms with Crippen molar-refractivity contribution >= 4 is 17.3 Å². The average Bonchev–Trinajstić information content (AvgIpc) is 2.85. The fourth-order valence-electron chi connectivity index (χ4n) is 2.60. The van der Waals surface area contributed by atoms with Crippen LogP contribution in [0, 0.1) is 0 Å². The average molecular weight is 331 g/mol. The summed E-state index contributed by atoms with van der Waals surface area (Å²) in [5, 5.41) is 0. The second-order valence-electron chi connectivity index (χ2n) is 5.20. The Morgan fingerprint density at radius 1 is 0.958 bits per heavy atom. The van der Waals surface area contributed by atoms with Gasteiger partial charge in [0.05, 0.1) is 25.6 Å². The number of methoxy groups -OCH3 is 2. The van der Waals surface area contributed by atoms with E-state index in [2.05, 4.69) is 0 Å². The molecule has 4 nitrogen and oxygen atoms in total. The summed E-state index contributed by atoms with van der Waals surface area (Å²) in [6, 6.07) is 13.2. The maximum atomic E-state index is 14.0. The number of nitrogens with zero attached hydrogens (tertiary/aromatic N) is 1. The van der Waals surface area contributed by atoms with Gasteiger partial charge in [0.15, 0.2) is 11.5 Å². The molecule has 0 fully saturated rings. The molecule has 0 aliphatic carbocycles. The third-order valence-corrected chi connectivity index (χ3v) is 3.74. The van der Waals surface area contributed by atoms with E-state index in [4.69, 9.17) is 9.47 Å². The van der Waals surface area contributed by atoms with Crippen molar-refractivity contribution in [3.63, 3.8) is 0 Å². The molecule has 1 aliphatic heterocycles. The van der Waals surface area contributed by atoms with Crippen molar-refractivity contribution in [2.75, 3.05) is 19.1 Å². The summed E-state index contributed by atoms with van der Waals surface area (Å²) in [6.07, 6.45) is 0.682. The molecule has 0 spiro atoms. The zero-order valence-corrected chi connectivity index (χ0v) is 13.1. The number of carbonyl (C=O) groups excluding carboxylic acids is 1. The van der Waals surface area contributed by atoms with E-state index >= 15 is 0 Å². The molecular formula is C18H15F2NO3. The minimum Gasteiger partial charge on any atom is -0.493 e. The number of hydrogen-bond acceptors (Lipinski definition) is 3. The van der Waals surface area contributed by atoms with Gasteiger partial charge in [-0.3, -0.25) is 9.69 Å². The summed E-state index contributed by atoms with van der Waals surface area (Å²) >= 11 is 0. The van der Waals surface area contributed by atoms with Gasteiger partial charge in [-0.1, -0.05) is 30.3 Å². The van der Waals surface area contributed by atoms with E-state index < -0.39 is 11.8 Å². The van der Waals surface area contributed by atoms with Crippen molar-refractivity contribution in [2.45, 2.75) is 5.92 Å². The van der Waals surface area contributed by atoms with E-state index in [1.54, 1.807) is 36.4 Å². The highest BCUT2D eigenvalue weighted by Crippen LogP contribution is 2.41. The number of anilines is 1. The zero-order valence-electron chi connectivity index (χ0n) is 13.1. The summed E-state index contributed by atoms with van der Waals surface area (Å²) in [6.45, 7) is 0. The molecule has 0 saturated heterocycles. The first-order valence-electron chi connectivity index (χ1n) is 7.20. The van der Waals surface area contributed by atoms with Crippen LogP contribution in [0.1, 0.15) is 5.56 Å². The molecule has 2 aromatic rings. The molecule has 0 aromatic heterocycles. The number of ether oxygens (including phenoxy) is 2. The van der Waals surface area contributed by atoms with Crippen LogP contribution >= 0.6 is 0 Å². The summed E-state index contributed by atoms with van der Waals surface area (Å²) in [4.78, 5) is 13.2. The van der Waals surface area contributed by atoms with E-state index in [0.29, 0.717) is 23.1 Å². The lowest BCUT2D eigenvalue weighted by atomic mass is 10.1. The van der Waals surface area contributed by atoms with E-state index in [9.17, 15) is 13.6 Å². The van der Waals surface area contributed by atoms with Crippen molar-refractivity contribution in [2.24, 2.45) is 0 Å². The maximum Gasteiger partial charge on any atom is 0.346 e. The molecule has 6 heteroatoms. The molecule has 24 heavy (non-hydrogen) atoms. The third-order valence-electron chi connectivity index (χ3n) is 3.74. The Morgan fingerprint density at radius 3 is 2.25 bits per heavy atom. The summed E-state index contributed by atoms with van der Waals surface area (Å²) in [5.74, 6) is -4.05. The van der Waals surface area contributed by atoms with Crippen molar-refractivity contribution in [3.05, 3.63) is 60.2 Å². The van der Waals surface area contributed by atoms with Crippen LogP contribution in [0.5, 0.6) is 11.5 Å². The molecular weight excluding hydrogens is 316 g/mol. The Labute approximate surface area is 137 Å². The SMILES string of the molecule is COc1ccc(N2C(=O)C(F)(F)C=C2c2ccccc2)cc1OC. The van der Waals surface area contributed by atoms with Crippen LogP contribution in [0.2, 0.25) is 0 Å². The van der Waals surface area contributed by atoms with Gasteiger partial charge >= 0.3 is 11.8 Å². The number of halogens is 2. The van der Waals surface area contributed by atoms with Gasteiger partial charge in [-0.05, 0) is 17.7 Å². The molecule has 0 saturated carbocycles. The van der Waals surface area contributed by atoms with Crippen molar-refractivity contribution in [1.82, 2.24) is 0 Å². The molecule has 0 bridgehead atoms. The van der Waals surface area contributed by atoms with Gasteiger partial charge in [-0.15, -0.1) is 0 Å². The number of rotatable bonds is 4. The Morgan fingerprint density at radius 2 is 1.62 bits per heavy atom. The van der Waals surface area contributed by atoms with E-state index in [-0.39, 0.29) is 11.4 Å². The second-order valence-corrected chi connectivity index (χ2v) is 5.20. The number of carbonyl (C=O) groups is 1. The number of alkyl halides is 2. The Hall–Kier alpha value is -2.89. The second kappa shape index (κ2) is 5.96. The lowest BCUT2D eigenvalue weighted by molar-refractivity contribution is -0.134. The highest BCUT2D eigenvalue weighted by atomic mass is 19.3. The van der Waals surface area contributed by atoms with Crippen molar-refractivity contribution in [3.8, 4) is 11.5 Å². The van der Waals surface area contributed by atoms with Crippen LogP contribution in [0.4, 0.5) is 14.5 Å². The minimum atomic E-state index is -3.56. The first kappa shape index (κ1) is 16.0. The van der Waals surface area contributed by atoms with Gasteiger partial charge in [0.1, 0.15) is 0 Å². The molecule has 2 aromatic carbocycles. The Bertz CT molecular complexity index is 803. The first-order chi connectivity index (χ1) is 11.5. The standard InChI is InChI=1S/C18H15F2NO3/c1-23-15-9-8-13(10-16(15)24-2)21-14(11-18(19,20)17(21)22)12-6-4-3-5-7-12/h3-11H,1-2H3. The number of benzene rings is 2. The zero-order chi connectivity index (χ0) is 17.3. The molecule has 1 amide bonds. The highest BCUT2D eigenvalue weighted by molar-refractivity contribution is 6.15. The molecule has 1 heterocycles. The van der Waals surface area contributed by atoms with Crippen LogP contribution in [0.25, 0.3) is 5.70 Å². The monoisotopic (exact) mass is 331 g/mol. The molecule has 0 N–H and O–H groups in total. The topological polar surface area (TPSA) is 38.8 Å².